The smallest absolute Gasteiger partial charge is 0.429 e. The maximum absolute atomic E-state index is 11.9. The Morgan fingerprint density at radius 3 is 1.67 bits per heavy atom. The van der Waals surface area contributed by atoms with E-state index in [0.717, 1.165) is 6.92 Å². The summed E-state index contributed by atoms with van der Waals surface area (Å²) < 4.78 is 75.3. The van der Waals surface area contributed by atoms with Crippen LogP contribution in [0.1, 0.15) is 6.92 Å². The predicted octanol–water partition coefficient (Wildman–Crippen LogP) is 1.86. The monoisotopic (exact) mass is 239 g/mol. The Balaban J connectivity index is 4.98. The number of nitrogens with one attached hydrogen (secondary N) is 1. The quantitative estimate of drug-likeness (QED) is 0.439. The van der Waals surface area contributed by atoms with Gasteiger partial charge in [0.1, 0.15) is 6.61 Å². The van der Waals surface area contributed by atoms with E-state index in [0.29, 0.717) is 0 Å². The zero-order valence-corrected chi connectivity index (χ0v) is 7.33. The van der Waals surface area contributed by atoms with Crippen molar-refractivity contribution in [3.05, 3.63) is 0 Å². The van der Waals surface area contributed by atoms with Gasteiger partial charge in [-0.05, 0) is 0 Å². The Labute approximate surface area is 80.2 Å². The summed E-state index contributed by atoms with van der Waals surface area (Å²) >= 11 is 0. The molecule has 0 atom stereocenters. The van der Waals surface area contributed by atoms with Gasteiger partial charge in [-0.3, -0.25) is 5.41 Å². The lowest BCUT2D eigenvalue weighted by Crippen LogP contribution is -2.60. The summed E-state index contributed by atoms with van der Waals surface area (Å²) in [5.41, 5.74) is -4.96. The Kier molecular flexibility index (Phi) is 3.62. The summed E-state index contributed by atoms with van der Waals surface area (Å²) in [4.78, 5) is 0. The molecule has 90 valence electrons. The lowest BCUT2D eigenvalue weighted by atomic mass is 10.0. The number of halogens is 6. The fourth-order valence-corrected chi connectivity index (χ4v) is 0.537. The van der Waals surface area contributed by atoms with Crippen LogP contribution in [0.4, 0.5) is 26.3 Å². The molecule has 0 unspecified atom stereocenters. The molecule has 0 aromatic carbocycles. The van der Waals surface area contributed by atoms with Gasteiger partial charge in [0.25, 0.3) is 5.60 Å². The van der Waals surface area contributed by atoms with Gasteiger partial charge < -0.3 is 9.84 Å². The molecule has 0 amide bonds. The molecule has 0 aromatic rings. The largest absolute Gasteiger partial charge is 0.478 e. The van der Waals surface area contributed by atoms with Crippen LogP contribution in [0.3, 0.4) is 0 Å². The van der Waals surface area contributed by atoms with Crippen LogP contribution in [0.2, 0.25) is 0 Å². The summed E-state index contributed by atoms with van der Waals surface area (Å²) in [5.74, 6) is -0.859. The van der Waals surface area contributed by atoms with Crippen molar-refractivity contribution in [1.82, 2.24) is 0 Å². The van der Waals surface area contributed by atoms with Crippen molar-refractivity contribution in [3.8, 4) is 0 Å². The normalized spacial score (nSPS) is 13.9. The van der Waals surface area contributed by atoms with Gasteiger partial charge in [0.05, 0.1) is 0 Å². The standard InChI is InChI=1S/C6H7F6NO2/c1-3(13)15-2-4(14,5(7,8)9)6(10,11)12/h13-14H,2H2,1H3. The highest BCUT2D eigenvalue weighted by atomic mass is 19.4. The molecule has 0 saturated heterocycles. The highest BCUT2D eigenvalue weighted by Crippen LogP contribution is 2.43. The second-order valence-electron chi connectivity index (χ2n) is 2.70. The molecule has 0 aliphatic heterocycles. The average molecular weight is 239 g/mol. The van der Waals surface area contributed by atoms with Crippen LogP contribution in [0.15, 0.2) is 0 Å². The molecule has 0 radical (unpaired) electrons. The van der Waals surface area contributed by atoms with Gasteiger partial charge in [-0.25, -0.2) is 0 Å². The third-order valence-electron chi connectivity index (χ3n) is 1.44. The molecule has 2 N–H and O–H groups in total. The summed E-state index contributed by atoms with van der Waals surface area (Å²) in [6.45, 7) is -1.25. The fraction of sp³-hybridized carbons (Fsp3) is 0.833. The van der Waals surface area contributed by atoms with Gasteiger partial charge in [-0.1, -0.05) is 0 Å². The fourth-order valence-electron chi connectivity index (χ4n) is 0.537. The van der Waals surface area contributed by atoms with Gasteiger partial charge >= 0.3 is 12.4 Å². The van der Waals surface area contributed by atoms with E-state index in [9.17, 15) is 26.3 Å². The topological polar surface area (TPSA) is 53.3 Å². The van der Waals surface area contributed by atoms with Crippen molar-refractivity contribution in [1.29, 1.82) is 5.41 Å². The molecule has 0 aromatic heterocycles. The molecule has 0 fully saturated rings. The van der Waals surface area contributed by atoms with Crippen LogP contribution in [0.5, 0.6) is 0 Å². The molecule has 0 spiro atoms. The number of hydrogen-bond acceptors (Lipinski definition) is 3. The Morgan fingerprint density at radius 1 is 1.13 bits per heavy atom. The summed E-state index contributed by atoms with van der Waals surface area (Å²) in [5, 5.41) is 15.0. The van der Waals surface area contributed by atoms with Crippen LogP contribution in [0.25, 0.3) is 0 Å². The van der Waals surface area contributed by atoms with Crippen molar-refractivity contribution in [2.75, 3.05) is 6.61 Å². The number of ether oxygens (including phenoxy) is 1. The van der Waals surface area contributed by atoms with Crippen molar-refractivity contribution >= 4 is 5.90 Å². The first-order chi connectivity index (χ1) is 6.42. The summed E-state index contributed by atoms with van der Waals surface area (Å²) in [6, 6.07) is 0. The van der Waals surface area contributed by atoms with Crippen LogP contribution < -0.4 is 0 Å². The zero-order chi connectivity index (χ0) is 12.5. The molecule has 9 heteroatoms. The molecule has 0 aliphatic rings. The average Bonchev–Trinajstić information content (AvgIpc) is 1.95. The van der Waals surface area contributed by atoms with Crippen LogP contribution in [-0.2, 0) is 4.74 Å². The first-order valence-electron chi connectivity index (χ1n) is 3.45. The predicted molar refractivity (Wildman–Crippen MR) is 36.4 cm³/mol. The van der Waals surface area contributed by atoms with E-state index in [1.807, 2.05) is 0 Å². The lowest BCUT2D eigenvalue weighted by molar-refractivity contribution is -0.374. The molecule has 0 heterocycles. The van der Waals surface area contributed by atoms with E-state index >= 15 is 0 Å². The van der Waals surface area contributed by atoms with Crippen molar-refractivity contribution < 1.29 is 36.2 Å². The minimum absolute atomic E-state index is 0.840. The molecular weight excluding hydrogens is 232 g/mol. The van der Waals surface area contributed by atoms with E-state index in [-0.39, 0.29) is 0 Å². The highest BCUT2D eigenvalue weighted by molar-refractivity contribution is 5.69. The van der Waals surface area contributed by atoms with Crippen molar-refractivity contribution in [2.45, 2.75) is 24.9 Å². The Morgan fingerprint density at radius 2 is 1.47 bits per heavy atom. The maximum Gasteiger partial charge on any atom is 0.429 e. The SMILES string of the molecule is CC(=N)OCC(O)(C(F)(F)F)C(F)(F)F. The van der Waals surface area contributed by atoms with Gasteiger partial charge in [0, 0.05) is 6.92 Å². The van der Waals surface area contributed by atoms with E-state index < -0.39 is 30.5 Å². The van der Waals surface area contributed by atoms with Gasteiger partial charge in [0.2, 0.25) is 0 Å². The molecule has 0 saturated carbocycles. The number of aliphatic hydroxyl groups is 1. The first kappa shape index (κ1) is 14.0. The molecule has 0 aliphatic carbocycles. The highest BCUT2D eigenvalue weighted by Gasteiger charge is 2.71. The zero-order valence-electron chi connectivity index (χ0n) is 7.33. The van der Waals surface area contributed by atoms with Crippen molar-refractivity contribution in [2.24, 2.45) is 0 Å². The minimum atomic E-state index is -5.92. The van der Waals surface area contributed by atoms with Gasteiger partial charge in [0.15, 0.2) is 5.90 Å². The Hall–Kier alpha value is -0.990. The van der Waals surface area contributed by atoms with Crippen molar-refractivity contribution in [3.63, 3.8) is 0 Å². The van der Waals surface area contributed by atoms with Gasteiger partial charge in [-0.15, -0.1) is 0 Å². The van der Waals surface area contributed by atoms with Crippen LogP contribution >= 0.6 is 0 Å². The number of hydrogen-bond donors (Lipinski definition) is 2. The van der Waals surface area contributed by atoms with E-state index in [1.165, 1.54) is 0 Å². The molecule has 0 rings (SSSR count). The van der Waals surface area contributed by atoms with E-state index in [4.69, 9.17) is 10.5 Å². The second kappa shape index (κ2) is 3.87. The summed E-state index contributed by atoms with van der Waals surface area (Å²) in [7, 11) is 0. The second-order valence-corrected chi connectivity index (χ2v) is 2.70. The van der Waals surface area contributed by atoms with E-state index in [2.05, 4.69) is 4.74 Å². The third kappa shape index (κ3) is 2.98. The van der Waals surface area contributed by atoms with Crippen LogP contribution in [0, 0.1) is 5.41 Å². The molecule has 0 bridgehead atoms. The minimum Gasteiger partial charge on any atom is -0.478 e. The Bertz CT molecular complexity index is 231. The number of alkyl halides is 6. The lowest BCUT2D eigenvalue weighted by Gasteiger charge is -2.31. The number of rotatable bonds is 2. The molecule has 3 nitrogen and oxygen atoms in total. The van der Waals surface area contributed by atoms with Crippen LogP contribution in [-0.4, -0.2) is 35.6 Å². The molecular formula is C6H7F6NO2. The maximum atomic E-state index is 11.9. The summed E-state index contributed by atoms with van der Waals surface area (Å²) in [6.07, 6.45) is -11.8. The first-order valence-corrected chi connectivity index (χ1v) is 3.45. The van der Waals surface area contributed by atoms with Gasteiger partial charge in [-0.2, -0.15) is 26.3 Å². The third-order valence-corrected chi connectivity index (χ3v) is 1.44. The van der Waals surface area contributed by atoms with E-state index in [1.54, 1.807) is 0 Å². The molecule has 15 heavy (non-hydrogen) atoms.